The van der Waals surface area contributed by atoms with Crippen molar-refractivity contribution in [2.45, 2.75) is 38.3 Å². The molecule has 0 radical (unpaired) electrons. The fraction of sp³-hybridized carbons (Fsp3) is 0.615. The van der Waals surface area contributed by atoms with Gasteiger partial charge in [0.25, 0.3) is 0 Å². The first-order chi connectivity index (χ1) is 9.45. The SMILES string of the molecule is CC(C)(C)c1cn([C@@H]2COC[C@@H]2n2cc(Br)cn2)nn1. The van der Waals surface area contributed by atoms with E-state index in [0.717, 1.165) is 10.2 Å². The molecule has 0 aromatic carbocycles. The Morgan fingerprint density at radius 2 is 1.90 bits per heavy atom. The first kappa shape index (κ1) is 13.8. The largest absolute Gasteiger partial charge is 0.377 e. The van der Waals surface area contributed by atoms with Gasteiger partial charge >= 0.3 is 0 Å². The number of hydrogen-bond donors (Lipinski definition) is 0. The Bertz CT molecular complexity index is 600. The fourth-order valence-corrected chi connectivity index (χ4v) is 2.62. The predicted molar refractivity (Wildman–Crippen MR) is 77.5 cm³/mol. The monoisotopic (exact) mass is 339 g/mol. The van der Waals surface area contributed by atoms with Gasteiger partial charge in [-0.1, -0.05) is 26.0 Å². The molecule has 0 saturated carbocycles. The van der Waals surface area contributed by atoms with Gasteiger partial charge < -0.3 is 4.74 Å². The van der Waals surface area contributed by atoms with Gasteiger partial charge in [0.15, 0.2) is 0 Å². The standard InChI is InChI=1S/C13H18BrN5O/c1-13(2,3)12-6-19(17-16-12)11-8-20-7-10(11)18-5-9(14)4-15-18/h4-6,10-11H,7-8H2,1-3H3/t10-,11+/m0/s1. The Morgan fingerprint density at radius 1 is 1.20 bits per heavy atom. The maximum atomic E-state index is 5.62. The molecule has 0 unspecified atom stereocenters. The molecule has 2 aromatic heterocycles. The van der Waals surface area contributed by atoms with Crippen molar-refractivity contribution < 1.29 is 4.74 Å². The average Bonchev–Trinajstić information content (AvgIpc) is 3.06. The molecular weight excluding hydrogens is 322 g/mol. The zero-order valence-electron chi connectivity index (χ0n) is 11.8. The van der Waals surface area contributed by atoms with Crippen LogP contribution in [-0.2, 0) is 10.2 Å². The van der Waals surface area contributed by atoms with E-state index in [2.05, 4.69) is 52.1 Å². The molecule has 3 rings (SSSR count). The molecule has 2 aromatic rings. The first-order valence-corrected chi connectivity index (χ1v) is 7.44. The van der Waals surface area contributed by atoms with Crippen LogP contribution in [0, 0.1) is 0 Å². The summed E-state index contributed by atoms with van der Waals surface area (Å²) in [7, 11) is 0. The van der Waals surface area contributed by atoms with Crippen LogP contribution in [0.25, 0.3) is 0 Å². The number of aromatic nitrogens is 5. The maximum Gasteiger partial charge on any atom is 0.102 e. The summed E-state index contributed by atoms with van der Waals surface area (Å²) in [4.78, 5) is 0. The maximum absolute atomic E-state index is 5.62. The minimum atomic E-state index is 0.00192. The molecule has 1 fully saturated rings. The van der Waals surface area contributed by atoms with Crippen molar-refractivity contribution in [3.8, 4) is 0 Å². The normalized spacial score (nSPS) is 23.4. The van der Waals surface area contributed by atoms with E-state index >= 15 is 0 Å². The first-order valence-electron chi connectivity index (χ1n) is 6.65. The van der Waals surface area contributed by atoms with E-state index in [9.17, 15) is 0 Å². The molecule has 20 heavy (non-hydrogen) atoms. The molecule has 0 aliphatic carbocycles. The smallest absolute Gasteiger partial charge is 0.102 e. The zero-order chi connectivity index (χ0) is 14.3. The number of halogens is 1. The summed E-state index contributed by atoms with van der Waals surface area (Å²) in [6.45, 7) is 7.68. The van der Waals surface area contributed by atoms with Crippen LogP contribution in [0.4, 0.5) is 0 Å². The highest BCUT2D eigenvalue weighted by atomic mass is 79.9. The van der Waals surface area contributed by atoms with Crippen molar-refractivity contribution >= 4 is 15.9 Å². The summed E-state index contributed by atoms with van der Waals surface area (Å²) >= 11 is 3.43. The summed E-state index contributed by atoms with van der Waals surface area (Å²) in [6.07, 6.45) is 5.77. The van der Waals surface area contributed by atoms with Crippen molar-refractivity contribution in [2.24, 2.45) is 0 Å². The van der Waals surface area contributed by atoms with Gasteiger partial charge in [-0.05, 0) is 15.9 Å². The lowest BCUT2D eigenvalue weighted by atomic mass is 9.93. The van der Waals surface area contributed by atoms with E-state index in [1.54, 1.807) is 6.20 Å². The highest BCUT2D eigenvalue weighted by Crippen LogP contribution is 2.31. The Balaban J connectivity index is 1.87. The van der Waals surface area contributed by atoms with Gasteiger partial charge in [-0.25, -0.2) is 4.68 Å². The van der Waals surface area contributed by atoms with Gasteiger partial charge in [-0.15, -0.1) is 5.10 Å². The lowest BCUT2D eigenvalue weighted by molar-refractivity contribution is 0.179. The van der Waals surface area contributed by atoms with Crippen LogP contribution < -0.4 is 0 Å². The topological polar surface area (TPSA) is 57.8 Å². The van der Waals surface area contributed by atoms with E-state index in [0.29, 0.717) is 13.2 Å². The molecule has 0 spiro atoms. The molecule has 0 amide bonds. The van der Waals surface area contributed by atoms with Crippen molar-refractivity contribution in [3.05, 3.63) is 28.8 Å². The molecule has 7 heteroatoms. The van der Waals surface area contributed by atoms with Crippen LogP contribution in [0.2, 0.25) is 0 Å². The quantitative estimate of drug-likeness (QED) is 0.842. The second-order valence-corrected chi connectivity index (χ2v) is 7.06. The third-order valence-electron chi connectivity index (χ3n) is 3.55. The molecule has 2 atom stereocenters. The van der Waals surface area contributed by atoms with E-state index in [1.807, 2.05) is 21.8 Å². The second kappa shape index (κ2) is 4.96. The van der Waals surface area contributed by atoms with Gasteiger partial charge in [-0.2, -0.15) is 5.10 Å². The summed E-state index contributed by atoms with van der Waals surface area (Å²) in [5, 5.41) is 12.9. The lowest BCUT2D eigenvalue weighted by Crippen LogP contribution is -2.22. The molecule has 1 aliphatic rings. The number of rotatable bonds is 2. The van der Waals surface area contributed by atoms with E-state index < -0.39 is 0 Å². The van der Waals surface area contributed by atoms with Crippen molar-refractivity contribution in [1.82, 2.24) is 24.8 Å². The Morgan fingerprint density at radius 3 is 2.45 bits per heavy atom. The van der Waals surface area contributed by atoms with Crippen LogP contribution in [0.5, 0.6) is 0 Å². The molecule has 1 aliphatic heterocycles. The minimum absolute atomic E-state index is 0.00192. The number of ether oxygens (including phenoxy) is 1. The Labute approximate surface area is 126 Å². The van der Waals surface area contributed by atoms with Gasteiger partial charge in [0.05, 0.1) is 35.6 Å². The molecule has 1 saturated heterocycles. The van der Waals surface area contributed by atoms with Gasteiger partial charge in [0.2, 0.25) is 0 Å². The highest BCUT2D eigenvalue weighted by molar-refractivity contribution is 9.10. The zero-order valence-corrected chi connectivity index (χ0v) is 13.4. The molecule has 3 heterocycles. The van der Waals surface area contributed by atoms with Gasteiger partial charge in [-0.3, -0.25) is 4.68 Å². The molecular formula is C13H18BrN5O. The summed E-state index contributed by atoms with van der Waals surface area (Å²) in [5.74, 6) is 0. The van der Waals surface area contributed by atoms with Crippen LogP contribution in [0.3, 0.4) is 0 Å². The summed E-state index contributed by atoms with van der Waals surface area (Å²) in [5.41, 5.74) is 0.992. The number of hydrogen-bond acceptors (Lipinski definition) is 4. The second-order valence-electron chi connectivity index (χ2n) is 6.14. The summed E-state index contributed by atoms with van der Waals surface area (Å²) in [6, 6.07) is 0.279. The highest BCUT2D eigenvalue weighted by Gasteiger charge is 2.33. The van der Waals surface area contributed by atoms with E-state index in [1.165, 1.54) is 0 Å². The van der Waals surface area contributed by atoms with Gasteiger partial charge in [0.1, 0.15) is 6.04 Å². The van der Waals surface area contributed by atoms with E-state index in [4.69, 9.17) is 4.74 Å². The van der Waals surface area contributed by atoms with Crippen LogP contribution in [-0.4, -0.2) is 38.0 Å². The van der Waals surface area contributed by atoms with Crippen LogP contribution in [0.1, 0.15) is 38.5 Å². The third kappa shape index (κ3) is 2.52. The minimum Gasteiger partial charge on any atom is -0.377 e. The van der Waals surface area contributed by atoms with Crippen LogP contribution >= 0.6 is 15.9 Å². The molecule has 0 bridgehead atoms. The number of nitrogens with zero attached hydrogens (tertiary/aromatic N) is 5. The van der Waals surface area contributed by atoms with Crippen molar-refractivity contribution in [2.75, 3.05) is 13.2 Å². The van der Waals surface area contributed by atoms with Crippen molar-refractivity contribution in [3.63, 3.8) is 0 Å². The van der Waals surface area contributed by atoms with Crippen LogP contribution in [0.15, 0.2) is 23.1 Å². The lowest BCUT2D eigenvalue weighted by Gasteiger charge is -2.18. The molecule has 6 nitrogen and oxygen atoms in total. The van der Waals surface area contributed by atoms with Crippen molar-refractivity contribution in [1.29, 1.82) is 0 Å². The van der Waals surface area contributed by atoms with Gasteiger partial charge in [0, 0.05) is 17.8 Å². The molecule has 0 N–H and O–H groups in total. The Kier molecular flexibility index (Phi) is 3.41. The fourth-order valence-electron chi connectivity index (χ4n) is 2.32. The Hall–Kier alpha value is -1.21. The summed E-state index contributed by atoms with van der Waals surface area (Å²) < 4.78 is 10.4. The van der Waals surface area contributed by atoms with E-state index in [-0.39, 0.29) is 17.5 Å². The molecule has 108 valence electrons. The third-order valence-corrected chi connectivity index (χ3v) is 3.96. The average molecular weight is 340 g/mol. The predicted octanol–water partition coefficient (Wildman–Crippen LogP) is 2.35.